The van der Waals surface area contributed by atoms with Crippen molar-refractivity contribution < 1.29 is 4.57 Å². The van der Waals surface area contributed by atoms with Gasteiger partial charge in [0.05, 0.1) is 5.25 Å². The fourth-order valence-electron chi connectivity index (χ4n) is 2.03. The molecule has 2 aromatic rings. The second-order valence-electron chi connectivity index (χ2n) is 3.74. The van der Waals surface area contributed by atoms with Gasteiger partial charge in [-0.25, -0.2) is 0 Å². The van der Waals surface area contributed by atoms with Crippen molar-refractivity contribution in [3.05, 3.63) is 36.4 Å². The number of nitrogens with zero attached hydrogens (tertiary/aromatic N) is 1. The highest BCUT2D eigenvalue weighted by atomic mass is 79.9. The number of fused-ring (bicyclic) bond motifs is 3. The highest BCUT2D eigenvalue weighted by Crippen LogP contribution is 2.29. The van der Waals surface area contributed by atoms with Gasteiger partial charge in [0.2, 0.25) is 10.5 Å². The Morgan fingerprint density at radius 3 is 3.00 bits per heavy atom. The van der Waals surface area contributed by atoms with Gasteiger partial charge in [-0.3, -0.25) is 0 Å². The Labute approximate surface area is 102 Å². The average molecular weight is 281 g/mol. The minimum absolute atomic E-state index is 0.677. The number of para-hydroxylation sites is 1. The van der Waals surface area contributed by atoms with Crippen molar-refractivity contribution in [2.45, 2.75) is 16.8 Å². The van der Waals surface area contributed by atoms with E-state index in [-0.39, 0.29) is 0 Å². The van der Waals surface area contributed by atoms with Crippen LogP contribution in [-0.4, -0.2) is 10.6 Å². The summed E-state index contributed by atoms with van der Waals surface area (Å²) in [5, 5.41) is 4.46. The SMILES string of the molecule is BrCC1C[n+]2c(ccc3ccccc32)S1. The minimum Gasteiger partial charge on any atom is -0.185 e. The summed E-state index contributed by atoms with van der Waals surface area (Å²) in [6.07, 6.45) is 0. The maximum atomic E-state index is 3.57. The van der Waals surface area contributed by atoms with Gasteiger partial charge in [-0.1, -0.05) is 28.1 Å². The van der Waals surface area contributed by atoms with Crippen molar-refractivity contribution in [3.8, 4) is 0 Å². The molecule has 0 spiro atoms. The average Bonchev–Trinajstić information content (AvgIpc) is 2.72. The summed E-state index contributed by atoms with van der Waals surface area (Å²) in [5.41, 5.74) is 1.35. The predicted molar refractivity (Wildman–Crippen MR) is 67.6 cm³/mol. The normalized spacial score (nSPS) is 19.4. The van der Waals surface area contributed by atoms with Gasteiger partial charge in [-0.2, -0.15) is 4.57 Å². The van der Waals surface area contributed by atoms with Crippen molar-refractivity contribution in [1.82, 2.24) is 0 Å². The van der Waals surface area contributed by atoms with Crippen LogP contribution in [0.5, 0.6) is 0 Å². The van der Waals surface area contributed by atoms with Crippen molar-refractivity contribution in [1.29, 1.82) is 0 Å². The topological polar surface area (TPSA) is 3.88 Å². The first-order valence-electron chi connectivity index (χ1n) is 5.03. The first kappa shape index (κ1) is 9.67. The molecule has 1 aliphatic rings. The Balaban J connectivity index is 2.20. The van der Waals surface area contributed by atoms with Gasteiger partial charge in [0.1, 0.15) is 0 Å². The number of alkyl halides is 1. The Kier molecular flexibility index (Phi) is 2.45. The molecule has 2 heterocycles. The molecular weight excluding hydrogens is 270 g/mol. The van der Waals surface area contributed by atoms with Crippen LogP contribution < -0.4 is 4.57 Å². The zero-order valence-corrected chi connectivity index (χ0v) is 10.6. The molecule has 0 fully saturated rings. The number of hydrogen-bond donors (Lipinski definition) is 0. The monoisotopic (exact) mass is 280 g/mol. The van der Waals surface area contributed by atoms with E-state index in [1.54, 1.807) is 0 Å². The van der Waals surface area contributed by atoms with Crippen LogP contribution in [-0.2, 0) is 6.54 Å². The first-order chi connectivity index (χ1) is 7.38. The summed E-state index contributed by atoms with van der Waals surface area (Å²) in [5.74, 6) is 0. The third-order valence-electron chi connectivity index (χ3n) is 2.74. The molecule has 0 saturated carbocycles. The molecule has 0 bridgehead atoms. The highest BCUT2D eigenvalue weighted by Gasteiger charge is 2.30. The number of aromatic nitrogens is 1. The molecule has 3 rings (SSSR count). The maximum absolute atomic E-state index is 3.57. The molecule has 0 amide bonds. The van der Waals surface area contributed by atoms with Crippen LogP contribution in [0.1, 0.15) is 0 Å². The lowest BCUT2D eigenvalue weighted by atomic mass is 10.2. The molecule has 1 atom stereocenters. The largest absolute Gasteiger partial charge is 0.241 e. The third-order valence-corrected chi connectivity index (χ3v) is 5.20. The van der Waals surface area contributed by atoms with Gasteiger partial charge in [0.15, 0.2) is 6.54 Å². The third kappa shape index (κ3) is 1.58. The van der Waals surface area contributed by atoms with Crippen molar-refractivity contribution >= 4 is 38.6 Å². The number of rotatable bonds is 1. The van der Waals surface area contributed by atoms with Crippen LogP contribution in [0.15, 0.2) is 41.4 Å². The highest BCUT2D eigenvalue weighted by molar-refractivity contribution is 9.09. The standard InChI is InChI=1S/C12H11BrNS/c13-7-10-8-14-11-4-2-1-3-9(11)5-6-12(14)15-10/h1-6,10H,7-8H2/q+1. The van der Waals surface area contributed by atoms with Gasteiger partial charge in [0.25, 0.3) is 0 Å². The lowest BCUT2D eigenvalue weighted by Crippen LogP contribution is -2.35. The van der Waals surface area contributed by atoms with Crippen LogP contribution in [0.4, 0.5) is 0 Å². The Morgan fingerprint density at radius 1 is 1.27 bits per heavy atom. The summed E-state index contributed by atoms with van der Waals surface area (Å²) in [7, 11) is 0. The van der Waals surface area contributed by atoms with Gasteiger partial charge < -0.3 is 0 Å². The van der Waals surface area contributed by atoms with Gasteiger partial charge in [-0.05, 0) is 23.9 Å². The molecule has 76 valence electrons. The summed E-state index contributed by atoms with van der Waals surface area (Å²) < 4.78 is 2.42. The zero-order chi connectivity index (χ0) is 10.3. The molecule has 1 nitrogen and oxygen atoms in total. The van der Waals surface area contributed by atoms with E-state index in [0.29, 0.717) is 5.25 Å². The predicted octanol–water partition coefficient (Wildman–Crippen LogP) is 3.00. The number of pyridine rings is 1. The lowest BCUT2D eigenvalue weighted by molar-refractivity contribution is -0.700. The summed E-state index contributed by atoms with van der Waals surface area (Å²) in [4.78, 5) is 0. The smallest absolute Gasteiger partial charge is 0.185 e. The molecule has 0 N–H and O–H groups in total. The van der Waals surface area contributed by atoms with E-state index in [2.05, 4.69) is 56.9 Å². The molecule has 1 aromatic heterocycles. The van der Waals surface area contributed by atoms with E-state index in [0.717, 1.165) is 11.9 Å². The van der Waals surface area contributed by atoms with Gasteiger partial charge >= 0.3 is 0 Å². The summed E-state index contributed by atoms with van der Waals surface area (Å²) >= 11 is 5.53. The van der Waals surface area contributed by atoms with Crippen LogP contribution in [0.3, 0.4) is 0 Å². The molecule has 1 unspecified atom stereocenters. The van der Waals surface area contributed by atoms with Crippen molar-refractivity contribution in [3.63, 3.8) is 0 Å². The number of benzene rings is 1. The molecular formula is C12H11BrNS+. The summed E-state index contributed by atoms with van der Waals surface area (Å²) in [6, 6.07) is 13.0. The van der Waals surface area contributed by atoms with Gasteiger partial charge in [-0.15, -0.1) is 0 Å². The zero-order valence-electron chi connectivity index (χ0n) is 8.19. The van der Waals surface area contributed by atoms with Gasteiger partial charge in [0, 0.05) is 22.8 Å². The van der Waals surface area contributed by atoms with Crippen LogP contribution >= 0.6 is 27.7 Å². The van der Waals surface area contributed by atoms with Crippen LogP contribution in [0.2, 0.25) is 0 Å². The molecule has 0 saturated heterocycles. The van der Waals surface area contributed by atoms with Crippen molar-refractivity contribution in [2.75, 3.05) is 5.33 Å². The number of halogens is 1. The summed E-state index contributed by atoms with van der Waals surface area (Å²) in [6.45, 7) is 1.12. The Morgan fingerprint density at radius 2 is 2.13 bits per heavy atom. The fourth-order valence-corrected chi connectivity index (χ4v) is 3.70. The van der Waals surface area contributed by atoms with E-state index >= 15 is 0 Å². The lowest BCUT2D eigenvalue weighted by Gasteiger charge is -1.97. The Bertz CT molecular complexity index is 512. The second-order valence-corrected chi connectivity index (χ2v) is 5.70. The molecule has 1 aliphatic heterocycles. The maximum Gasteiger partial charge on any atom is 0.241 e. The second kappa shape index (κ2) is 3.80. The van der Waals surface area contributed by atoms with Crippen LogP contribution in [0, 0.1) is 0 Å². The van der Waals surface area contributed by atoms with E-state index in [1.807, 2.05) is 11.8 Å². The van der Waals surface area contributed by atoms with Crippen LogP contribution in [0.25, 0.3) is 10.9 Å². The van der Waals surface area contributed by atoms with E-state index in [9.17, 15) is 0 Å². The molecule has 1 aromatic carbocycles. The first-order valence-corrected chi connectivity index (χ1v) is 7.03. The number of thioether (sulfide) groups is 1. The quantitative estimate of drug-likeness (QED) is 0.574. The minimum atomic E-state index is 0.677. The fraction of sp³-hybridized carbons (Fsp3) is 0.250. The molecule has 0 radical (unpaired) electrons. The van der Waals surface area contributed by atoms with E-state index in [1.165, 1.54) is 15.9 Å². The van der Waals surface area contributed by atoms with Crippen molar-refractivity contribution in [2.24, 2.45) is 0 Å². The molecule has 0 aliphatic carbocycles. The van der Waals surface area contributed by atoms with E-state index in [4.69, 9.17) is 0 Å². The Hall–Kier alpha value is -0.540. The molecule has 3 heteroatoms. The molecule has 15 heavy (non-hydrogen) atoms. The van der Waals surface area contributed by atoms with E-state index < -0.39 is 0 Å². The number of hydrogen-bond acceptors (Lipinski definition) is 1.